The fraction of sp³-hybridized carbons (Fsp3) is 0.882. The van der Waals surface area contributed by atoms with E-state index < -0.39 is 14.2 Å². The maximum Gasteiger partial charge on any atom is 0.140 e. The molecule has 0 saturated carbocycles. The number of hydrogen-bond donors (Lipinski definition) is 1. The molecule has 0 aromatic heterocycles. The second-order valence-corrected chi connectivity index (χ2v) is 11.8. The molecule has 1 rings (SSSR count). The second-order valence-electron chi connectivity index (χ2n) is 7.04. The molecular weight excluding hydrogens is 264 g/mol. The molecule has 3 atom stereocenters. The van der Waals surface area contributed by atoms with E-state index in [4.69, 9.17) is 4.74 Å². The van der Waals surface area contributed by atoms with Gasteiger partial charge in [0.25, 0.3) is 0 Å². The van der Waals surface area contributed by atoms with Crippen molar-refractivity contribution < 1.29 is 9.84 Å². The van der Waals surface area contributed by atoms with E-state index in [0.717, 1.165) is 25.7 Å². The Bertz CT molecular complexity index is 324. The smallest absolute Gasteiger partial charge is 0.140 e. The molecule has 116 valence electrons. The van der Waals surface area contributed by atoms with Crippen LogP contribution in [0.25, 0.3) is 0 Å². The predicted octanol–water partition coefficient (Wildman–Crippen LogP) is 4.14. The maximum atomic E-state index is 10.2. The Kier molecular flexibility index (Phi) is 7.87. The summed E-state index contributed by atoms with van der Waals surface area (Å²) in [4.78, 5) is 0. The molecule has 0 aromatic rings. The van der Waals surface area contributed by atoms with Crippen molar-refractivity contribution in [3.8, 4) is 11.5 Å². The van der Waals surface area contributed by atoms with Crippen molar-refractivity contribution in [1.29, 1.82) is 0 Å². The molecule has 1 fully saturated rings. The summed E-state index contributed by atoms with van der Waals surface area (Å²) < 4.78 is 6.06. The predicted molar refractivity (Wildman–Crippen MR) is 88.4 cm³/mol. The van der Waals surface area contributed by atoms with Crippen LogP contribution in [0.5, 0.6) is 0 Å². The van der Waals surface area contributed by atoms with Crippen LogP contribution in [-0.4, -0.2) is 31.5 Å². The number of rotatable bonds is 6. The Balaban J connectivity index is 2.37. The minimum Gasteiger partial charge on any atom is -0.378 e. The summed E-state index contributed by atoms with van der Waals surface area (Å²) in [6.07, 6.45) is 9.24. The molecule has 1 N–H and O–H groups in total. The topological polar surface area (TPSA) is 29.5 Å². The lowest BCUT2D eigenvalue weighted by atomic mass is 9.97. The van der Waals surface area contributed by atoms with Gasteiger partial charge < -0.3 is 9.84 Å². The van der Waals surface area contributed by atoms with Gasteiger partial charge in [-0.25, -0.2) is 0 Å². The fourth-order valence-electron chi connectivity index (χ4n) is 2.56. The molecule has 0 unspecified atom stereocenters. The average molecular weight is 297 g/mol. The largest absolute Gasteiger partial charge is 0.378 e. The highest BCUT2D eigenvalue weighted by molar-refractivity contribution is 6.83. The molecule has 0 aromatic carbocycles. The number of ether oxygens (including phenoxy) is 1. The number of aliphatic hydroxyl groups excluding tert-OH is 1. The van der Waals surface area contributed by atoms with Crippen LogP contribution >= 0.6 is 0 Å². The van der Waals surface area contributed by atoms with Crippen molar-refractivity contribution in [3.05, 3.63) is 0 Å². The molecule has 1 aliphatic heterocycles. The van der Waals surface area contributed by atoms with E-state index >= 15 is 0 Å². The van der Waals surface area contributed by atoms with Gasteiger partial charge in [0.05, 0.1) is 12.2 Å². The minimum absolute atomic E-state index is 0.0659. The molecule has 0 radical (unpaired) electrons. The fourth-order valence-corrected chi connectivity index (χ4v) is 3.14. The van der Waals surface area contributed by atoms with Crippen LogP contribution in [0.2, 0.25) is 19.6 Å². The van der Waals surface area contributed by atoms with Crippen molar-refractivity contribution in [2.24, 2.45) is 0 Å². The van der Waals surface area contributed by atoms with Crippen LogP contribution in [0.3, 0.4) is 0 Å². The van der Waals surface area contributed by atoms with Crippen molar-refractivity contribution in [3.63, 3.8) is 0 Å². The highest BCUT2D eigenvalue weighted by Crippen LogP contribution is 2.25. The first-order valence-corrected chi connectivity index (χ1v) is 11.8. The minimum atomic E-state index is -1.41. The summed E-state index contributed by atoms with van der Waals surface area (Å²) in [5, 5.41) is 10.2. The van der Waals surface area contributed by atoms with Gasteiger partial charge in [0.2, 0.25) is 0 Å². The lowest BCUT2D eigenvalue weighted by molar-refractivity contribution is -0.0923. The third-order valence-electron chi connectivity index (χ3n) is 3.71. The zero-order valence-corrected chi connectivity index (χ0v) is 14.7. The molecule has 1 aliphatic rings. The highest BCUT2D eigenvalue weighted by Gasteiger charge is 2.26. The normalized spacial score (nSPS) is 24.9. The lowest BCUT2D eigenvalue weighted by Gasteiger charge is -2.31. The molecule has 1 saturated heterocycles. The van der Waals surface area contributed by atoms with Crippen molar-refractivity contribution in [2.75, 3.05) is 0 Å². The zero-order valence-electron chi connectivity index (χ0n) is 13.7. The molecule has 3 heteroatoms. The highest BCUT2D eigenvalue weighted by atomic mass is 28.3. The first kappa shape index (κ1) is 17.7. The maximum absolute atomic E-state index is 10.2. The Morgan fingerprint density at radius 1 is 1.20 bits per heavy atom. The summed E-state index contributed by atoms with van der Waals surface area (Å²) in [5.74, 6) is 3.03. The molecular formula is C17H32O2Si. The van der Waals surface area contributed by atoms with Crippen molar-refractivity contribution in [1.82, 2.24) is 0 Å². The van der Waals surface area contributed by atoms with E-state index in [9.17, 15) is 5.11 Å². The molecule has 20 heavy (non-hydrogen) atoms. The van der Waals surface area contributed by atoms with Gasteiger partial charge in [-0.3, -0.25) is 0 Å². The van der Waals surface area contributed by atoms with E-state index in [-0.39, 0.29) is 6.10 Å². The summed E-state index contributed by atoms with van der Waals surface area (Å²) in [7, 11) is -1.41. The second kappa shape index (κ2) is 8.87. The average Bonchev–Trinajstić information content (AvgIpc) is 2.40. The molecule has 0 bridgehead atoms. The number of aliphatic hydroxyl groups is 1. The van der Waals surface area contributed by atoms with E-state index in [0.29, 0.717) is 6.10 Å². The monoisotopic (exact) mass is 296 g/mol. The van der Waals surface area contributed by atoms with Gasteiger partial charge in [0.15, 0.2) is 0 Å². The van der Waals surface area contributed by atoms with E-state index in [2.05, 4.69) is 38.0 Å². The van der Waals surface area contributed by atoms with Crippen LogP contribution in [0.4, 0.5) is 0 Å². The van der Waals surface area contributed by atoms with Gasteiger partial charge >= 0.3 is 0 Å². The SMILES string of the molecule is CCCCCC[C@H]1CCC[C@@H]([C@H](O)C#C[Si](C)(C)C)O1. The third-order valence-corrected chi connectivity index (χ3v) is 4.60. The van der Waals surface area contributed by atoms with Crippen molar-refractivity contribution >= 4 is 8.07 Å². The molecule has 0 spiro atoms. The first-order chi connectivity index (χ1) is 9.42. The van der Waals surface area contributed by atoms with Crippen LogP contribution < -0.4 is 0 Å². The standard InChI is InChI=1S/C17H32O2Si/c1-5-6-7-8-10-15-11-9-12-17(19-15)16(18)13-14-20(2,3)4/h15-18H,5-12H2,1-4H3/t15-,16+,17-/m0/s1. The van der Waals surface area contributed by atoms with Gasteiger partial charge in [0, 0.05) is 0 Å². The number of unbranched alkanes of at least 4 members (excludes halogenated alkanes) is 3. The van der Waals surface area contributed by atoms with Crippen LogP contribution in [0.15, 0.2) is 0 Å². The summed E-state index contributed by atoms with van der Waals surface area (Å²) in [6, 6.07) is 0. The van der Waals surface area contributed by atoms with E-state index in [1.54, 1.807) is 0 Å². The zero-order chi connectivity index (χ0) is 15.0. The third kappa shape index (κ3) is 7.47. The van der Waals surface area contributed by atoms with Gasteiger partial charge in [-0.05, 0) is 25.7 Å². The Hall–Kier alpha value is -0.303. The van der Waals surface area contributed by atoms with Gasteiger partial charge in [-0.15, -0.1) is 5.54 Å². The van der Waals surface area contributed by atoms with Crippen molar-refractivity contribution in [2.45, 2.75) is 96.2 Å². The summed E-state index contributed by atoms with van der Waals surface area (Å²) >= 11 is 0. The lowest BCUT2D eigenvalue weighted by Crippen LogP contribution is -2.36. The van der Waals surface area contributed by atoms with Gasteiger partial charge in [-0.2, -0.15) is 0 Å². The quantitative estimate of drug-likeness (QED) is 0.453. The summed E-state index contributed by atoms with van der Waals surface area (Å²) in [6.45, 7) is 8.83. The Morgan fingerprint density at radius 3 is 2.60 bits per heavy atom. The van der Waals surface area contributed by atoms with E-state index in [1.807, 2.05) is 0 Å². The van der Waals surface area contributed by atoms with E-state index in [1.165, 1.54) is 25.7 Å². The Morgan fingerprint density at radius 2 is 1.95 bits per heavy atom. The van der Waals surface area contributed by atoms with Gasteiger partial charge in [0.1, 0.15) is 14.2 Å². The van der Waals surface area contributed by atoms with Crippen LogP contribution in [0, 0.1) is 11.5 Å². The molecule has 0 amide bonds. The van der Waals surface area contributed by atoms with Crippen LogP contribution in [-0.2, 0) is 4.74 Å². The molecule has 2 nitrogen and oxygen atoms in total. The Labute approximate surface area is 126 Å². The molecule has 1 heterocycles. The number of hydrogen-bond acceptors (Lipinski definition) is 2. The van der Waals surface area contributed by atoms with Crippen LogP contribution in [0.1, 0.15) is 58.3 Å². The summed E-state index contributed by atoms with van der Waals surface area (Å²) in [5.41, 5.74) is 3.25. The van der Waals surface area contributed by atoms with Gasteiger partial charge in [-0.1, -0.05) is 58.2 Å². The first-order valence-electron chi connectivity index (χ1n) is 8.28. The molecule has 0 aliphatic carbocycles.